The lowest BCUT2D eigenvalue weighted by atomic mass is 9.95. The molecule has 2 aromatic heterocycles. The Bertz CT molecular complexity index is 1150. The van der Waals surface area contributed by atoms with Crippen molar-refractivity contribution in [3.05, 3.63) is 32.7 Å². The number of hydrogen-bond acceptors (Lipinski definition) is 10. The summed E-state index contributed by atoms with van der Waals surface area (Å²) in [4.78, 5) is 60.1. The van der Waals surface area contributed by atoms with Gasteiger partial charge in [0.15, 0.2) is 6.10 Å². The zero-order valence-electron chi connectivity index (χ0n) is 23.5. The van der Waals surface area contributed by atoms with Crippen molar-refractivity contribution in [1.82, 2.24) is 20.2 Å². The number of amides is 2. The fraction of sp³-hybridized carbons (Fsp3) is 0.630. The van der Waals surface area contributed by atoms with Gasteiger partial charge in [-0.05, 0) is 29.8 Å². The smallest absolute Gasteiger partial charge is 0.306 e. The number of thioether (sulfide) groups is 1. The van der Waals surface area contributed by atoms with E-state index in [2.05, 4.69) is 15.3 Å². The van der Waals surface area contributed by atoms with E-state index in [0.717, 1.165) is 16.5 Å². The number of carboxylic acids is 1. The molecule has 4 atom stereocenters. The number of esters is 1. The first kappa shape index (κ1) is 32.0. The zero-order chi connectivity index (χ0) is 29.4. The van der Waals surface area contributed by atoms with Gasteiger partial charge >= 0.3 is 11.9 Å². The van der Waals surface area contributed by atoms with E-state index in [1.807, 2.05) is 31.0 Å². The number of aromatic nitrogens is 2. The second-order valence-corrected chi connectivity index (χ2v) is 13.5. The van der Waals surface area contributed by atoms with Crippen LogP contribution < -0.4 is 5.32 Å². The Labute approximate surface area is 247 Å². The SMILES string of the molecule is CC(=O)O[C@H](C[C@H](C(C)C)N(C)C(=O)CC1CSC1)c1nc(C(=O)N[C@@H](Cc2nccs2)C[C@H](C)C(=O)O)cs1. The highest BCUT2D eigenvalue weighted by atomic mass is 32.2. The molecule has 3 heterocycles. The third kappa shape index (κ3) is 9.27. The Kier molecular flexibility index (Phi) is 11.9. The third-order valence-corrected chi connectivity index (χ3v) is 10.1. The van der Waals surface area contributed by atoms with E-state index in [1.165, 1.54) is 29.6 Å². The third-order valence-electron chi connectivity index (χ3n) is 6.92. The van der Waals surface area contributed by atoms with Crippen LogP contribution in [0.5, 0.6) is 0 Å². The molecule has 2 N–H and O–H groups in total. The molecule has 0 bridgehead atoms. The van der Waals surface area contributed by atoms with Gasteiger partial charge in [-0.3, -0.25) is 19.2 Å². The molecule has 0 spiro atoms. The summed E-state index contributed by atoms with van der Waals surface area (Å²) in [6.45, 7) is 6.99. The molecule has 40 heavy (non-hydrogen) atoms. The molecule has 2 amide bonds. The molecule has 13 heteroatoms. The highest BCUT2D eigenvalue weighted by Gasteiger charge is 2.32. The summed E-state index contributed by atoms with van der Waals surface area (Å²) in [5.74, 6) is 0.107. The Morgan fingerprint density at radius 1 is 1.18 bits per heavy atom. The fourth-order valence-electron chi connectivity index (χ4n) is 4.56. The molecule has 1 fully saturated rings. The van der Waals surface area contributed by atoms with Gasteiger partial charge in [0.25, 0.3) is 5.91 Å². The molecule has 10 nitrogen and oxygen atoms in total. The predicted molar refractivity (Wildman–Crippen MR) is 157 cm³/mol. The first-order valence-electron chi connectivity index (χ1n) is 13.3. The Balaban J connectivity index is 1.73. The molecule has 0 unspecified atom stereocenters. The minimum atomic E-state index is -0.937. The first-order chi connectivity index (χ1) is 18.9. The second kappa shape index (κ2) is 14.9. The van der Waals surface area contributed by atoms with Gasteiger partial charge in [-0.1, -0.05) is 20.8 Å². The van der Waals surface area contributed by atoms with Gasteiger partial charge in [0.1, 0.15) is 10.7 Å². The van der Waals surface area contributed by atoms with Gasteiger partial charge in [-0.15, -0.1) is 22.7 Å². The minimum absolute atomic E-state index is 0.0756. The van der Waals surface area contributed by atoms with Gasteiger partial charge in [0.2, 0.25) is 5.91 Å². The maximum absolute atomic E-state index is 13.2. The average molecular weight is 611 g/mol. The van der Waals surface area contributed by atoms with Gasteiger partial charge in [0, 0.05) is 62.3 Å². The van der Waals surface area contributed by atoms with E-state index < -0.39 is 35.9 Å². The molecular formula is C27H38N4O6S3. The fourth-order valence-corrected chi connectivity index (χ4v) is 6.90. The standard InChI is InChI=1S/C27H38N4O6S3/c1-15(2)21(31(5)24(33)9-18-12-38-13-18)11-22(37-17(4)32)26-30-20(14-40-26)25(34)29-19(8-16(3)27(35)36)10-23-28-6-7-39-23/h6-7,14-16,18-19,21-22H,8-13H2,1-5H3,(H,29,34)(H,35,36)/t16-,19+,21+,22+/m0/s1. The number of carbonyl (C=O) groups excluding carboxylic acids is 3. The maximum Gasteiger partial charge on any atom is 0.306 e. The monoisotopic (exact) mass is 610 g/mol. The summed E-state index contributed by atoms with van der Waals surface area (Å²) in [5.41, 5.74) is 0.164. The predicted octanol–water partition coefficient (Wildman–Crippen LogP) is 4.28. The molecule has 0 saturated carbocycles. The zero-order valence-corrected chi connectivity index (χ0v) is 25.9. The van der Waals surface area contributed by atoms with Crippen molar-refractivity contribution in [3.8, 4) is 0 Å². The average Bonchev–Trinajstić information content (AvgIpc) is 3.55. The van der Waals surface area contributed by atoms with Crippen LogP contribution in [0.2, 0.25) is 0 Å². The molecule has 1 aliphatic rings. The number of carboxylic acid groups (broad SMARTS) is 1. The van der Waals surface area contributed by atoms with Gasteiger partial charge in [-0.2, -0.15) is 11.8 Å². The molecule has 0 aliphatic carbocycles. The number of carbonyl (C=O) groups is 4. The minimum Gasteiger partial charge on any atom is -0.481 e. The molecular weight excluding hydrogens is 573 g/mol. The van der Waals surface area contributed by atoms with Crippen molar-refractivity contribution < 1.29 is 29.0 Å². The van der Waals surface area contributed by atoms with Crippen LogP contribution in [-0.2, 0) is 25.5 Å². The van der Waals surface area contributed by atoms with Crippen LogP contribution in [0.4, 0.5) is 0 Å². The number of ether oxygens (including phenoxy) is 1. The number of nitrogens with zero attached hydrogens (tertiary/aromatic N) is 3. The number of rotatable bonds is 15. The summed E-state index contributed by atoms with van der Waals surface area (Å²) < 4.78 is 5.65. The van der Waals surface area contributed by atoms with Crippen LogP contribution in [0.3, 0.4) is 0 Å². The van der Waals surface area contributed by atoms with Gasteiger partial charge < -0.3 is 20.1 Å². The number of thiazole rings is 2. The van der Waals surface area contributed by atoms with Crippen LogP contribution >= 0.6 is 34.4 Å². The van der Waals surface area contributed by atoms with E-state index in [1.54, 1.807) is 30.4 Å². The van der Waals surface area contributed by atoms with E-state index in [0.29, 0.717) is 30.2 Å². The molecule has 2 aromatic rings. The lowest BCUT2D eigenvalue weighted by Gasteiger charge is -2.35. The van der Waals surface area contributed by atoms with Crippen molar-refractivity contribution in [2.24, 2.45) is 17.8 Å². The summed E-state index contributed by atoms with van der Waals surface area (Å²) in [6.07, 6.45) is 2.46. The van der Waals surface area contributed by atoms with Crippen molar-refractivity contribution in [3.63, 3.8) is 0 Å². The highest BCUT2D eigenvalue weighted by molar-refractivity contribution is 8.00. The maximum atomic E-state index is 13.2. The molecule has 1 aliphatic heterocycles. The van der Waals surface area contributed by atoms with Crippen LogP contribution in [0.1, 0.15) is 73.6 Å². The summed E-state index contributed by atoms with van der Waals surface area (Å²) >= 11 is 4.50. The van der Waals surface area contributed by atoms with Crippen molar-refractivity contribution in [1.29, 1.82) is 0 Å². The quantitative estimate of drug-likeness (QED) is 0.283. The van der Waals surface area contributed by atoms with E-state index in [-0.39, 0.29) is 30.0 Å². The van der Waals surface area contributed by atoms with E-state index in [4.69, 9.17) is 4.74 Å². The van der Waals surface area contributed by atoms with Crippen molar-refractivity contribution >= 4 is 58.2 Å². The Morgan fingerprint density at radius 2 is 1.90 bits per heavy atom. The molecule has 0 radical (unpaired) electrons. The first-order valence-corrected chi connectivity index (χ1v) is 16.2. The van der Waals surface area contributed by atoms with Crippen molar-refractivity contribution in [2.75, 3.05) is 18.6 Å². The number of nitrogens with one attached hydrogen (secondary N) is 1. The number of aliphatic carboxylic acids is 1. The largest absolute Gasteiger partial charge is 0.481 e. The van der Waals surface area contributed by atoms with Crippen LogP contribution in [0, 0.1) is 17.8 Å². The lowest BCUT2D eigenvalue weighted by Crippen LogP contribution is -2.43. The molecule has 3 rings (SSSR count). The molecule has 220 valence electrons. The summed E-state index contributed by atoms with van der Waals surface area (Å²) in [5, 5.41) is 17.0. The summed E-state index contributed by atoms with van der Waals surface area (Å²) in [7, 11) is 1.80. The Hall–Kier alpha value is -2.51. The van der Waals surface area contributed by atoms with Crippen LogP contribution in [0.15, 0.2) is 17.0 Å². The second-order valence-electron chi connectivity index (χ2n) is 10.6. The highest BCUT2D eigenvalue weighted by Crippen LogP contribution is 2.32. The van der Waals surface area contributed by atoms with Gasteiger partial charge in [-0.25, -0.2) is 9.97 Å². The van der Waals surface area contributed by atoms with E-state index >= 15 is 0 Å². The molecule has 1 saturated heterocycles. The number of hydrogen-bond donors (Lipinski definition) is 2. The molecule has 0 aromatic carbocycles. The lowest BCUT2D eigenvalue weighted by molar-refractivity contribution is -0.148. The van der Waals surface area contributed by atoms with Gasteiger partial charge in [0.05, 0.1) is 10.9 Å². The Morgan fingerprint density at radius 3 is 2.45 bits per heavy atom. The summed E-state index contributed by atoms with van der Waals surface area (Å²) in [6, 6.07) is -0.635. The van der Waals surface area contributed by atoms with Crippen molar-refractivity contribution in [2.45, 2.75) is 71.6 Å². The van der Waals surface area contributed by atoms with E-state index in [9.17, 15) is 24.3 Å². The topological polar surface area (TPSA) is 139 Å². The van der Waals surface area contributed by atoms with Crippen LogP contribution in [0.25, 0.3) is 0 Å². The van der Waals surface area contributed by atoms with Crippen LogP contribution in [-0.4, -0.2) is 74.4 Å². The normalized spacial score (nSPS) is 16.4.